The molecule has 4 heteroatoms. The van der Waals surface area contributed by atoms with Gasteiger partial charge in [0.1, 0.15) is 6.61 Å². The number of halogens is 1. The molecule has 1 aliphatic carbocycles. The van der Waals surface area contributed by atoms with E-state index in [9.17, 15) is 4.79 Å². The van der Waals surface area contributed by atoms with E-state index in [1.165, 1.54) is 18.2 Å². The van der Waals surface area contributed by atoms with Gasteiger partial charge in [0.2, 0.25) is 5.24 Å². The SMILES string of the molecule is COCC(=O)Cl.NC1CCc2ccccc21. The lowest BCUT2D eigenvalue weighted by atomic mass is 10.1. The van der Waals surface area contributed by atoms with E-state index >= 15 is 0 Å². The fourth-order valence-electron chi connectivity index (χ4n) is 1.70. The molecule has 0 saturated heterocycles. The van der Waals surface area contributed by atoms with Gasteiger partial charge in [0, 0.05) is 13.2 Å². The van der Waals surface area contributed by atoms with Crippen LogP contribution >= 0.6 is 11.6 Å². The molecule has 1 atom stereocenters. The van der Waals surface area contributed by atoms with E-state index in [1.807, 2.05) is 0 Å². The number of carbonyl (C=O) groups excluding carboxylic acids is 1. The third-order valence-electron chi connectivity index (χ3n) is 2.44. The Morgan fingerprint density at radius 1 is 1.56 bits per heavy atom. The van der Waals surface area contributed by atoms with Crippen molar-refractivity contribution in [3.8, 4) is 0 Å². The van der Waals surface area contributed by atoms with Crippen LogP contribution in [0.15, 0.2) is 24.3 Å². The van der Waals surface area contributed by atoms with Gasteiger partial charge in [0.25, 0.3) is 0 Å². The van der Waals surface area contributed by atoms with E-state index in [0.717, 1.165) is 12.8 Å². The van der Waals surface area contributed by atoms with Gasteiger partial charge in [-0.2, -0.15) is 0 Å². The number of hydrogen-bond donors (Lipinski definition) is 1. The molecular weight excluding hydrogens is 226 g/mol. The summed E-state index contributed by atoms with van der Waals surface area (Å²) >= 11 is 4.81. The summed E-state index contributed by atoms with van der Waals surface area (Å²) in [7, 11) is 1.42. The number of hydrogen-bond acceptors (Lipinski definition) is 3. The van der Waals surface area contributed by atoms with Crippen molar-refractivity contribution in [3.63, 3.8) is 0 Å². The van der Waals surface area contributed by atoms with E-state index in [2.05, 4.69) is 29.0 Å². The standard InChI is InChI=1S/C9H11N.C3H5ClO2/c10-9-6-5-7-3-1-2-4-8(7)9;1-6-2-3(4)5/h1-4,9H,5-6,10H2;2H2,1H3. The Labute approximate surface area is 101 Å². The molecule has 0 amide bonds. The highest BCUT2D eigenvalue weighted by molar-refractivity contribution is 6.63. The number of methoxy groups -OCH3 is 1. The van der Waals surface area contributed by atoms with Crippen LogP contribution in [0.3, 0.4) is 0 Å². The smallest absolute Gasteiger partial charge is 0.247 e. The molecule has 16 heavy (non-hydrogen) atoms. The van der Waals surface area contributed by atoms with Crippen LogP contribution in [0.4, 0.5) is 0 Å². The Balaban J connectivity index is 0.000000187. The maximum absolute atomic E-state index is 9.68. The predicted molar refractivity (Wildman–Crippen MR) is 64.4 cm³/mol. The zero-order valence-electron chi connectivity index (χ0n) is 9.28. The van der Waals surface area contributed by atoms with Gasteiger partial charge >= 0.3 is 0 Å². The second kappa shape index (κ2) is 6.63. The van der Waals surface area contributed by atoms with Crippen LogP contribution < -0.4 is 5.73 Å². The normalized spacial score (nSPS) is 17.3. The molecule has 1 aromatic carbocycles. The highest BCUT2D eigenvalue weighted by atomic mass is 35.5. The lowest BCUT2D eigenvalue weighted by molar-refractivity contribution is -0.114. The molecule has 1 unspecified atom stereocenters. The Hall–Kier alpha value is -0.900. The molecule has 3 nitrogen and oxygen atoms in total. The highest BCUT2D eigenvalue weighted by Crippen LogP contribution is 2.28. The fourth-order valence-corrected chi connectivity index (χ4v) is 1.81. The molecule has 0 aliphatic heterocycles. The minimum absolute atomic E-state index is 0.00154. The summed E-state index contributed by atoms with van der Waals surface area (Å²) in [6, 6.07) is 8.74. The first-order valence-corrected chi connectivity index (χ1v) is 5.53. The first-order valence-electron chi connectivity index (χ1n) is 5.15. The van der Waals surface area contributed by atoms with Crippen molar-refractivity contribution in [2.45, 2.75) is 18.9 Å². The number of carbonyl (C=O) groups is 1. The molecule has 1 aromatic rings. The van der Waals surface area contributed by atoms with Crippen molar-refractivity contribution >= 4 is 16.8 Å². The summed E-state index contributed by atoms with van der Waals surface area (Å²) in [6.45, 7) is 0.00154. The first kappa shape index (κ1) is 13.2. The minimum Gasteiger partial charge on any atom is -0.376 e. The van der Waals surface area contributed by atoms with Gasteiger partial charge in [-0.1, -0.05) is 24.3 Å². The molecule has 0 bridgehead atoms. The molecule has 88 valence electrons. The zero-order chi connectivity index (χ0) is 12.0. The zero-order valence-corrected chi connectivity index (χ0v) is 10.0. The van der Waals surface area contributed by atoms with Gasteiger partial charge in [-0.15, -0.1) is 0 Å². The quantitative estimate of drug-likeness (QED) is 0.807. The summed E-state index contributed by atoms with van der Waals surface area (Å²) in [6.07, 6.45) is 2.29. The van der Waals surface area contributed by atoms with Crippen LogP contribution in [-0.4, -0.2) is 19.0 Å². The third-order valence-corrected chi connectivity index (χ3v) is 2.55. The van der Waals surface area contributed by atoms with Gasteiger partial charge in [-0.25, -0.2) is 0 Å². The van der Waals surface area contributed by atoms with Crippen molar-refractivity contribution in [2.75, 3.05) is 13.7 Å². The Morgan fingerprint density at radius 2 is 2.25 bits per heavy atom. The van der Waals surface area contributed by atoms with Crippen LogP contribution in [-0.2, 0) is 16.0 Å². The van der Waals surface area contributed by atoms with Crippen molar-refractivity contribution < 1.29 is 9.53 Å². The van der Waals surface area contributed by atoms with Crippen molar-refractivity contribution in [1.82, 2.24) is 0 Å². The van der Waals surface area contributed by atoms with Gasteiger partial charge in [0.15, 0.2) is 0 Å². The van der Waals surface area contributed by atoms with E-state index in [-0.39, 0.29) is 6.61 Å². The van der Waals surface area contributed by atoms with Gasteiger partial charge < -0.3 is 10.5 Å². The molecule has 0 radical (unpaired) electrons. The Bertz CT molecular complexity index is 355. The molecule has 2 N–H and O–H groups in total. The van der Waals surface area contributed by atoms with E-state index in [0.29, 0.717) is 6.04 Å². The van der Waals surface area contributed by atoms with E-state index < -0.39 is 5.24 Å². The number of nitrogens with two attached hydrogens (primary N) is 1. The lowest BCUT2D eigenvalue weighted by Crippen LogP contribution is -2.04. The summed E-state index contributed by atoms with van der Waals surface area (Å²) < 4.78 is 4.32. The average molecular weight is 242 g/mol. The van der Waals surface area contributed by atoms with Gasteiger partial charge in [-0.05, 0) is 35.6 Å². The van der Waals surface area contributed by atoms with Crippen LogP contribution in [0.2, 0.25) is 0 Å². The molecule has 0 saturated carbocycles. The van der Waals surface area contributed by atoms with Crippen LogP contribution in [0, 0.1) is 0 Å². The Kier molecular flexibility index (Phi) is 5.46. The van der Waals surface area contributed by atoms with Crippen molar-refractivity contribution in [3.05, 3.63) is 35.4 Å². The predicted octanol–water partition coefficient (Wildman–Crippen LogP) is 2.03. The monoisotopic (exact) mass is 241 g/mol. The summed E-state index contributed by atoms with van der Waals surface area (Å²) in [5.74, 6) is 0. The minimum atomic E-state index is -0.461. The van der Waals surface area contributed by atoms with E-state index in [4.69, 9.17) is 17.3 Å². The molecule has 1 aliphatic rings. The highest BCUT2D eigenvalue weighted by Gasteiger charge is 2.16. The largest absolute Gasteiger partial charge is 0.376 e. The molecular formula is C12H16ClNO2. The maximum Gasteiger partial charge on any atom is 0.247 e. The van der Waals surface area contributed by atoms with Gasteiger partial charge in [-0.3, -0.25) is 4.79 Å². The number of fused-ring (bicyclic) bond motifs is 1. The van der Waals surface area contributed by atoms with Crippen LogP contribution in [0.25, 0.3) is 0 Å². The second-order valence-corrected chi connectivity index (χ2v) is 4.05. The van der Waals surface area contributed by atoms with Crippen molar-refractivity contribution in [2.24, 2.45) is 5.73 Å². The molecule has 2 rings (SSSR count). The number of benzene rings is 1. The summed E-state index contributed by atoms with van der Waals surface area (Å²) in [5, 5.41) is -0.461. The first-order chi connectivity index (χ1) is 7.65. The summed E-state index contributed by atoms with van der Waals surface area (Å²) in [4.78, 5) is 9.68. The average Bonchev–Trinajstić information content (AvgIpc) is 2.62. The molecule has 0 spiro atoms. The molecule has 0 fully saturated rings. The maximum atomic E-state index is 9.68. The topological polar surface area (TPSA) is 52.3 Å². The van der Waals surface area contributed by atoms with Crippen LogP contribution in [0.1, 0.15) is 23.6 Å². The number of aryl methyl sites for hydroxylation is 1. The van der Waals surface area contributed by atoms with Gasteiger partial charge in [0.05, 0.1) is 0 Å². The second-order valence-electron chi connectivity index (χ2n) is 3.63. The lowest BCUT2D eigenvalue weighted by Gasteiger charge is -2.01. The third kappa shape index (κ3) is 3.93. The van der Waals surface area contributed by atoms with E-state index in [1.54, 1.807) is 0 Å². The molecule has 0 heterocycles. The number of rotatable bonds is 2. The fraction of sp³-hybridized carbons (Fsp3) is 0.417. The van der Waals surface area contributed by atoms with Crippen molar-refractivity contribution in [1.29, 1.82) is 0 Å². The Morgan fingerprint density at radius 3 is 2.75 bits per heavy atom. The summed E-state index contributed by atoms with van der Waals surface area (Å²) in [5.41, 5.74) is 8.64. The number of ether oxygens (including phenoxy) is 1. The van der Waals surface area contributed by atoms with Crippen LogP contribution in [0.5, 0.6) is 0 Å². The molecule has 0 aromatic heterocycles.